The average molecular weight is 548 g/mol. The molecule has 0 saturated heterocycles. The maximum atomic E-state index is 12.8. The molecule has 5 aromatic rings. The van der Waals surface area contributed by atoms with Crippen LogP contribution in [0.15, 0.2) is 90.1 Å². The quantitative estimate of drug-likeness (QED) is 0.265. The summed E-state index contributed by atoms with van der Waals surface area (Å²) in [6, 6.07) is 21.1. The van der Waals surface area contributed by atoms with Crippen molar-refractivity contribution in [2.24, 2.45) is 7.05 Å². The summed E-state index contributed by atoms with van der Waals surface area (Å²) in [5, 5.41) is 4.77. The summed E-state index contributed by atoms with van der Waals surface area (Å²) >= 11 is 5.89. The lowest BCUT2D eigenvalue weighted by Gasteiger charge is -2.19. The molecule has 2 aromatic heterocycles. The van der Waals surface area contributed by atoms with Crippen molar-refractivity contribution in [3.05, 3.63) is 102 Å². The summed E-state index contributed by atoms with van der Waals surface area (Å²) < 4.78 is 30.2. The maximum Gasteiger partial charge on any atom is 0.261 e. The SMILES string of the molecule is CN(Cc1nccn1C)c1nc(NCc2cccc(NS(=O)(=O)c3ccc(Cl)cc3)c2)c2ccccc2n1. The molecule has 3 aromatic carbocycles. The standard InChI is InChI=1S/C27H26ClN7O2S/c1-34-15-14-29-25(34)18-35(2)27-31-24-9-4-3-8-23(24)26(32-27)30-17-19-6-5-7-21(16-19)33-38(36,37)22-12-10-20(28)11-13-22/h3-16,33H,17-18H2,1-2H3,(H,30,31,32). The van der Waals surface area contributed by atoms with E-state index in [1.807, 2.05) is 60.1 Å². The molecule has 0 aliphatic rings. The highest BCUT2D eigenvalue weighted by atomic mass is 35.5. The molecule has 2 heterocycles. The molecule has 0 spiro atoms. The van der Waals surface area contributed by atoms with Crippen molar-refractivity contribution in [3.8, 4) is 0 Å². The molecule has 0 amide bonds. The fraction of sp³-hybridized carbons (Fsp3) is 0.148. The highest BCUT2D eigenvalue weighted by molar-refractivity contribution is 7.92. The molecule has 11 heteroatoms. The van der Waals surface area contributed by atoms with Crippen molar-refractivity contribution in [2.45, 2.75) is 18.0 Å². The third kappa shape index (κ3) is 5.71. The molecule has 194 valence electrons. The fourth-order valence-corrected chi connectivity index (χ4v) is 5.14. The first kappa shape index (κ1) is 25.5. The smallest absolute Gasteiger partial charge is 0.261 e. The van der Waals surface area contributed by atoms with E-state index in [1.165, 1.54) is 12.1 Å². The van der Waals surface area contributed by atoms with Gasteiger partial charge < -0.3 is 14.8 Å². The lowest BCUT2D eigenvalue weighted by Crippen LogP contribution is -2.22. The molecule has 0 atom stereocenters. The van der Waals surface area contributed by atoms with Gasteiger partial charge >= 0.3 is 0 Å². The van der Waals surface area contributed by atoms with E-state index in [1.54, 1.807) is 36.5 Å². The average Bonchev–Trinajstić information content (AvgIpc) is 3.31. The van der Waals surface area contributed by atoms with Crippen molar-refractivity contribution in [1.82, 2.24) is 19.5 Å². The van der Waals surface area contributed by atoms with E-state index in [0.717, 1.165) is 22.3 Å². The zero-order valence-corrected chi connectivity index (χ0v) is 22.4. The Balaban J connectivity index is 1.36. The van der Waals surface area contributed by atoms with Crippen LogP contribution < -0.4 is 14.9 Å². The summed E-state index contributed by atoms with van der Waals surface area (Å²) in [6.07, 6.45) is 3.67. The minimum atomic E-state index is -3.74. The second kappa shape index (κ2) is 10.7. The third-order valence-corrected chi connectivity index (χ3v) is 7.64. The van der Waals surface area contributed by atoms with Crippen LogP contribution in [0.2, 0.25) is 5.02 Å². The van der Waals surface area contributed by atoms with Crippen molar-refractivity contribution in [3.63, 3.8) is 0 Å². The van der Waals surface area contributed by atoms with Crippen LogP contribution in [0, 0.1) is 0 Å². The molecule has 9 nitrogen and oxygen atoms in total. The fourth-order valence-electron chi connectivity index (χ4n) is 3.96. The summed E-state index contributed by atoms with van der Waals surface area (Å²) in [6.45, 7) is 0.983. The van der Waals surface area contributed by atoms with E-state index >= 15 is 0 Å². The minimum Gasteiger partial charge on any atom is -0.365 e. The Morgan fingerprint density at radius 1 is 1.00 bits per heavy atom. The van der Waals surface area contributed by atoms with Crippen LogP contribution in [0.3, 0.4) is 0 Å². The number of sulfonamides is 1. The van der Waals surface area contributed by atoms with E-state index in [4.69, 9.17) is 21.6 Å². The molecule has 0 aliphatic carbocycles. The topological polar surface area (TPSA) is 105 Å². The number of aryl methyl sites for hydroxylation is 1. The highest BCUT2D eigenvalue weighted by Gasteiger charge is 2.15. The number of imidazole rings is 1. The van der Waals surface area contributed by atoms with E-state index < -0.39 is 10.0 Å². The normalized spacial score (nSPS) is 11.4. The predicted molar refractivity (Wildman–Crippen MR) is 151 cm³/mol. The first-order valence-corrected chi connectivity index (χ1v) is 13.7. The molecule has 0 saturated carbocycles. The van der Waals surface area contributed by atoms with Gasteiger partial charge in [-0.1, -0.05) is 35.9 Å². The minimum absolute atomic E-state index is 0.139. The van der Waals surface area contributed by atoms with Crippen molar-refractivity contribution < 1.29 is 8.42 Å². The largest absolute Gasteiger partial charge is 0.365 e. The van der Waals surface area contributed by atoms with Gasteiger partial charge in [0, 0.05) is 49.1 Å². The third-order valence-electron chi connectivity index (χ3n) is 6.00. The van der Waals surface area contributed by atoms with Gasteiger partial charge in [-0.25, -0.2) is 18.4 Å². The highest BCUT2D eigenvalue weighted by Crippen LogP contribution is 2.25. The van der Waals surface area contributed by atoms with Gasteiger partial charge in [-0.15, -0.1) is 0 Å². The Kier molecular flexibility index (Phi) is 7.17. The molecule has 2 N–H and O–H groups in total. The van der Waals surface area contributed by atoms with Gasteiger partial charge in [0.1, 0.15) is 11.6 Å². The molecule has 5 rings (SSSR count). The predicted octanol–water partition coefficient (Wildman–Crippen LogP) is 5.07. The Morgan fingerprint density at radius 2 is 1.79 bits per heavy atom. The molecular weight excluding hydrogens is 522 g/mol. The second-order valence-electron chi connectivity index (χ2n) is 8.81. The van der Waals surface area contributed by atoms with Gasteiger partial charge in [-0.3, -0.25) is 4.72 Å². The maximum absolute atomic E-state index is 12.8. The van der Waals surface area contributed by atoms with Crippen LogP contribution in [0.25, 0.3) is 10.9 Å². The number of hydrogen-bond acceptors (Lipinski definition) is 7. The molecule has 0 radical (unpaired) electrons. The summed E-state index contributed by atoms with van der Waals surface area (Å²) in [5.74, 6) is 2.15. The van der Waals surface area contributed by atoms with Gasteiger partial charge in [0.2, 0.25) is 5.95 Å². The molecule has 0 unspecified atom stereocenters. The van der Waals surface area contributed by atoms with Crippen LogP contribution >= 0.6 is 11.6 Å². The van der Waals surface area contributed by atoms with E-state index in [9.17, 15) is 8.42 Å². The van der Waals surface area contributed by atoms with Crippen LogP contribution in [-0.2, 0) is 30.2 Å². The van der Waals surface area contributed by atoms with Crippen molar-refractivity contribution in [1.29, 1.82) is 0 Å². The lowest BCUT2D eigenvalue weighted by molar-refractivity contribution is 0.601. The first-order valence-electron chi connectivity index (χ1n) is 11.8. The first-order chi connectivity index (χ1) is 18.3. The number of benzene rings is 3. The number of para-hydroxylation sites is 1. The van der Waals surface area contributed by atoms with E-state index in [0.29, 0.717) is 35.6 Å². The number of fused-ring (bicyclic) bond motifs is 1. The van der Waals surface area contributed by atoms with Gasteiger partial charge in [0.25, 0.3) is 10.0 Å². The number of halogens is 1. The number of aromatic nitrogens is 4. The number of rotatable bonds is 9. The monoisotopic (exact) mass is 547 g/mol. The zero-order chi connectivity index (χ0) is 26.7. The number of nitrogens with zero attached hydrogens (tertiary/aromatic N) is 5. The van der Waals surface area contributed by atoms with Gasteiger partial charge in [-0.2, -0.15) is 4.98 Å². The molecule has 0 bridgehead atoms. The number of nitrogens with one attached hydrogen (secondary N) is 2. The second-order valence-corrected chi connectivity index (χ2v) is 10.9. The Labute approximate surface area is 226 Å². The number of anilines is 3. The van der Waals surface area contributed by atoms with Gasteiger partial charge in [0.15, 0.2) is 0 Å². The Hall–Kier alpha value is -4.15. The Morgan fingerprint density at radius 3 is 2.55 bits per heavy atom. The van der Waals surface area contributed by atoms with Gasteiger partial charge in [0.05, 0.1) is 17.0 Å². The summed E-state index contributed by atoms with van der Waals surface area (Å²) in [7, 11) is 0.137. The van der Waals surface area contributed by atoms with E-state index in [2.05, 4.69) is 15.0 Å². The zero-order valence-electron chi connectivity index (χ0n) is 20.8. The van der Waals surface area contributed by atoms with Crippen LogP contribution in [0.4, 0.5) is 17.5 Å². The van der Waals surface area contributed by atoms with Crippen LogP contribution in [0.5, 0.6) is 0 Å². The number of hydrogen-bond donors (Lipinski definition) is 2. The van der Waals surface area contributed by atoms with Gasteiger partial charge in [-0.05, 0) is 54.1 Å². The molecule has 0 aliphatic heterocycles. The molecule has 0 fully saturated rings. The van der Waals surface area contributed by atoms with Crippen molar-refractivity contribution in [2.75, 3.05) is 22.0 Å². The Bertz CT molecular complexity index is 1690. The van der Waals surface area contributed by atoms with Crippen LogP contribution in [0.1, 0.15) is 11.4 Å². The molecule has 38 heavy (non-hydrogen) atoms. The van der Waals surface area contributed by atoms with E-state index in [-0.39, 0.29) is 4.90 Å². The van der Waals surface area contributed by atoms with Crippen LogP contribution in [-0.4, -0.2) is 35.0 Å². The summed E-state index contributed by atoms with van der Waals surface area (Å²) in [4.78, 5) is 16.0. The lowest BCUT2D eigenvalue weighted by atomic mass is 10.2. The van der Waals surface area contributed by atoms with Crippen molar-refractivity contribution >= 4 is 50.0 Å². The molecular formula is C27H26ClN7O2S. The summed E-state index contributed by atoms with van der Waals surface area (Å²) in [5.41, 5.74) is 2.16.